The van der Waals surface area contributed by atoms with Crippen LogP contribution >= 0.6 is 15.9 Å². The molecular weight excluding hydrogens is 336 g/mol. The first-order chi connectivity index (χ1) is 9.99. The van der Waals surface area contributed by atoms with Gasteiger partial charge in [-0.2, -0.15) is 0 Å². The summed E-state index contributed by atoms with van der Waals surface area (Å²) in [5.74, 6) is -1.80. The molecule has 5 heteroatoms. The fourth-order valence-corrected chi connectivity index (χ4v) is 2.14. The Morgan fingerprint density at radius 3 is 2.19 bits per heavy atom. The van der Waals surface area contributed by atoms with Gasteiger partial charge in [-0.15, -0.1) is 0 Å². The van der Waals surface area contributed by atoms with Gasteiger partial charge < -0.3 is 9.84 Å². The Hall–Kier alpha value is -2.14. The fourth-order valence-electron chi connectivity index (χ4n) is 1.87. The molecule has 4 nitrogen and oxygen atoms in total. The van der Waals surface area contributed by atoms with E-state index in [0.717, 1.165) is 10.0 Å². The summed E-state index contributed by atoms with van der Waals surface area (Å²) < 4.78 is 6.27. The van der Waals surface area contributed by atoms with Crippen LogP contribution in [0.5, 0.6) is 0 Å². The quantitative estimate of drug-likeness (QED) is 0.846. The summed E-state index contributed by atoms with van der Waals surface area (Å²) in [5, 5.41) is 9.08. The number of hydrogen-bond donors (Lipinski definition) is 1. The Labute approximate surface area is 130 Å². The maximum atomic E-state index is 12.1. The predicted octanol–water partition coefficient (Wildman–Crippen LogP) is 4.07. The van der Waals surface area contributed by atoms with Crippen molar-refractivity contribution in [1.82, 2.24) is 0 Å². The van der Waals surface area contributed by atoms with Crippen LogP contribution in [0.1, 0.15) is 39.3 Å². The van der Waals surface area contributed by atoms with E-state index < -0.39 is 18.0 Å². The van der Waals surface area contributed by atoms with Gasteiger partial charge in [-0.05, 0) is 36.8 Å². The van der Waals surface area contributed by atoms with Crippen molar-refractivity contribution < 1.29 is 19.4 Å². The molecule has 0 saturated heterocycles. The molecule has 0 fully saturated rings. The van der Waals surface area contributed by atoms with Gasteiger partial charge in [0.2, 0.25) is 0 Å². The zero-order valence-electron chi connectivity index (χ0n) is 11.2. The molecule has 0 aliphatic carbocycles. The molecule has 1 N–H and O–H groups in total. The summed E-state index contributed by atoms with van der Waals surface area (Å²) >= 11 is 3.33. The highest BCUT2D eigenvalue weighted by Gasteiger charge is 2.19. The van der Waals surface area contributed by atoms with E-state index in [4.69, 9.17) is 9.84 Å². The smallest absolute Gasteiger partial charge is 0.339 e. The number of aromatic carboxylic acids is 1. The van der Waals surface area contributed by atoms with Crippen LogP contribution in [-0.2, 0) is 4.74 Å². The highest BCUT2D eigenvalue weighted by Crippen LogP contribution is 2.21. The molecule has 0 aliphatic rings. The maximum Gasteiger partial charge on any atom is 0.339 e. The Kier molecular flexibility index (Phi) is 4.75. The van der Waals surface area contributed by atoms with Crippen LogP contribution in [0.25, 0.3) is 0 Å². The Balaban J connectivity index is 2.18. The standard InChI is InChI=1S/C16H13BrO4/c1-10(11-6-8-12(17)9-7-11)21-16(20)14-5-3-2-4-13(14)15(18)19/h2-10H,1H3,(H,18,19). The number of ether oxygens (including phenoxy) is 1. The highest BCUT2D eigenvalue weighted by atomic mass is 79.9. The van der Waals surface area contributed by atoms with Crippen molar-refractivity contribution in [3.8, 4) is 0 Å². The lowest BCUT2D eigenvalue weighted by atomic mass is 10.1. The van der Waals surface area contributed by atoms with Gasteiger partial charge in [0.15, 0.2) is 0 Å². The number of carbonyl (C=O) groups excluding carboxylic acids is 1. The van der Waals surface area contributed by atoms with Crippen LogP contribution in [0.3, 0.4) is 0 Å². The third-order valence-electron chi connectivity index (χ3n) is 3.00. The molecule has 0 heterocycles. The molecule has 0 bridgehead atoms. The van der Waals surface area contributed by atoms with E-state index in [0.29, 0.717) is 0 Å². The molecule has 0 aliphatic heterocycles. The van der Waals surface area contributed by atoms with Gasteiger partial charge in [-0.3, -0.25) is 0 Å². The molecule has 0 amide bonds. The van der Waals surface area contributed by atoms with Crippen LogP contribution in [-0.4, -0.2) is 17.0 Å². The number of benzene rings is 2. The van der Waals surface area contributed by atoms with Gasteiger partial charge in [-0.1, -0.05) is 40.2 Å². The first kappa shape index (κ1) is 15.3. The van der Waals surface area contributed by atoms with Crippen molar-refractivity contribution in [1.29, 1.82) is 0 Å². The van der Waals surface area contributed by atoms with Crippen molar-refractivity contribution in [3.63, 3.8) is 0 Å². The minimum Gasteiger partial charge on any atom is -0.478 e. The minimum atomic E-state index is -1.15. The zero-order valence-corrected chi connectivity index (χ0v) is 12.8. The second-order valence-corrected chi connectivity index (χ2v) is 5.37. The lowest BCUT2D eigenvalue weighted by molar-refractivity contribution is 0.0331. The minimum absolute atomic E-state index is 0.0500. The van der Waals surface area contributed by atoms with E-state index in [1.54, 1.807) is 19.1 Å². The number of carboxylic acid groups (broad SMARTS) is 1. The lowest BCUT2D eigenvalue weighted by Crippen LogP contribution is -2.13. The molecule has 2 aromatic carbocycles. The number of carbonyl (C=O) groups is 2. The molecule has 21 heavy (non-hydrogen) atoms. The Bertz CT molecular complexity index is 664. The van der Waals surface area contributed by atoms with E-state index in [1.807, 2.05) is 24.3 Å². The molecule has 0 aromatic heterocycles. The van der Waals surface area contributed by atoms with Crippen LogP contribution in [0.4, 0.5) is 0 Å². The third kappa shape index (κ3) is 3.70. The zero-order chi connectivity index (χ0) is 15.4. The maximum absolute atomic E-state index is 12.1. The fraction of sp³-hybridized carbons (Fsp3) is 0.125. The van der Waals surface area contributed by atoms with E-state index >= 15 is 0 Å². The Morgan fingerprint density at radius 1 is 1.05 bits per heavy atom. The van der Waals surface area contributed by atoms with E-state index in [9.17, 15) is 9.59 Å². The van der Waals surface area contributed by atoms with E-state index in [1.165, 1.54) is 12.1 Å². The van der Waals surface area contributed by atoms with Crippen molar-refractivity contribution in [3.05, 3.63) is 69.7 Å². The first-order valence-electron chi connectivity index (χ1n) is 6.28. The summed E-state index contributed by atoms with van der Waals surface area (Å²) in [4.78, 5) is 23.2. The summed E-state index contributed by atoms with van der Waals surface area (Å²) in [6, 6.07) is 13.4. The highest BCUT2D eigenvalue weighted by molar-refractivity contribution is 9.10. The van der Waals surface area contributed by atoms with Crippen LogP contribution in [0, 0.1) is 0 Å². The van der Waals surface area contributed by atoms with Gasteiger partial charge >= 0.3 is 11.9 Å². The van der Waals surface area contributed by atoms with E-state index in [-0.39, 0.29) is 11.1 Å². The van der Waals surface area contributed by atoms with Gasteiger partial charge in [0, 0.05) is 4.47 Å². The first-order valence-corrected chi connectivity index (χ1v) is 7.07. The van der Waals surface area contributed by atoms with E-state index in [2.05, 4.69) is 15.9 Å². The summed E-state index contributed by atoms with van der Waals surface area (Å²) in [6.45, 7) is 1.74. The number of esters is 1. The van der Waals surface area contributed by atoms with Crippen molar-refractivity contribution in [2.75, 3.05) is 0 Å². The number of rotatable bonds is 4. The monoisotopic (exact) mass is 348 g/mol. The molecular formula is C16H13BrO4. The largest absolute Gasteiger partial charge is 0.478 e. The molecule has 0 saturated carbocycles. The van der Waals surface area contributed by atoms with Crippen molar-refractivity contribution >= 4 is 27.9 Å². The molecule has 0 radical (unpaired) electrons. The second-order valence-electron chi connectivity index (χ2n) is 4.45. The predicted molar refractivity (Wildman–Crippen MR) is 81.4 cm³/mol. The molecule has 1 unspecified atom stereocenters. The molecule has 2 rings (SSSR count). The van der Waals surface area contributed by atoms with Crippen LogP contribution in [0.2, 0.25) is 0 Å². The SMILES string of the molecule is CC(OC(=O)c1ccccc1C(=O)O)c1ccc(Br)cc1. The van der Waals surface area contributed by atoms with Gasteiger partial charge in [-0.25, -0.2) is 9.59 Å². The number of halogens is 1. The average Bonchev–Trinajstić information content (AvgIpc) is 2.47. The molecule has 2 aromatic rings. The third-order valence-corrected chi connectivity index (χ3v) is 3.53. The number of hydrogen-bond acceptors (Lipinski definition) is 3. The molecule has 1 atom stereocenters. The normalized spacial score (nSPS) is 11.7. The van der Waals surface area contributed by atoms with Crippen molar-refractivity contribution in [2.24, 2.45) is 0 Å². The van der Waals surface area contributed by atoms with Gasteiger partial charge in [0.05, 0.1) is 11.1 Å². The lowest BCUT2D eigenvalue weighted by Gasteiger charge is -2.14. The summed E-state index contributed by atoms with van der Waals surface area (Å²) in [6.07, 6.45) is -0.465. The molecule has 0 spiro atoms. The summed E-state index contributed by atoms with van der Waals surface area (Å²) in [7, 11) is 0. The topological polar surface area (TPSA) is 63.6 Å². The Morgan fingerprint density at radius 2 is 1.62 bits per heavy atom. The second kappa shape index (κ2) is 6.54. The molecule has 108 valence electrons. The van der Waals surface area contributed by atoms with Crippen LogP contribution in [0.15, 0.2) is 53.0 Å². The van der Waals surface area contributed by atoms with Gasteiger partial charge in [0.25, 0.3) is 0 Å². The number of carboxylic acids is 1. The average molecular weight is 349 g/mol. The summed E-state index contributed by atoms with van der Waals surface area (Å²) in [5.41, 5.74) is 0.818. The van der Waals surface area contributed by atoms with Crippen LogP contribution < -0.4 is 0 Å². The van der Waals surface area contributed by atoms with Crippen molar-refractivity contribution in [2.45, 2.75) is 13.0 Å². The van der Waals surface area contributed by atoms with Gasteiger partial charge in [0.1, 0.15) is 6.10 Å².